The topological polar surface area (TPSA) is 95.9 Å². The lowest BCUT2D eigenvalue weighted by Gasteiger charge is -2.38. The Morgan fingerprint density at radius 1 is 1.03 bits per heavy atom. The van der Waals surface area contributed by atoms with E-state index in [9.17, 15) is 19.5 Å². The number of rotatable bonds is 6. The number of ether oxygens (including phenoxy) is 1. The third-order valence-electron chi connectivity index (χ3n) is 7.48. The molecule has 3 atom stereocenters. The van der Waals surface area contributed by atoms with Crippen molar-refractivity contribution in [2.45, 2.75) is 50.6 Å². The molecular formula is C27H30N2O5. The number of likely N-dealkylation sites (tertiary alicyclic amines) is 1. The number of hydrogen-bond donors (Lipinski definition) is 2. The van der Waals surface area contributed by atoms with Gasteiger partial charge in [-0.3, -0.25) is 9.59 Å². The van der Waals surface area contributed by atoms with Gasteiger partial charge in [-0.2, -0.15) is 0 Å². The van der Waals surface area contributed by atoms with Crippen LogP contribution in [0.25, 0.3) is 11.1 Å². The van der Waals surface area contributed by atoms with E-state index in [4.69, 9.17) is 4.74 Å². The maximum absolute atomic E-state index is 13.3. The minimum atomic E-state index is -0.811. The van der Waals surface area contributed by atoms with Crippen molar-refractivity contribution in [2.24, 2.45) is 11.8 Å². The van der Waals surface area contributed by atoms with Crippen molar-refractivity contribution in [3.63, 3.8) is 0 Å². The summed E-state index contributed by atoms with van der Waals surface area (Å²) in [5.74, 6) is -1.30. The number of hydrogen-bond acceptors (Lipinski definition) is 4. The minimum absolute atomic E-state index is 0.0386. The van der Waals surface area contributed by atoms with Crippen LogP contribution in [0.4, 0.5) is 4.79 Å². The Bertz CT molecular complexity index is 1070. The lowest BCUT2D eigenvalue weighted by Crippen LogP contribution is -2.55. The van der Waals surface area contributed by atoms with Gasteiger partial charge in [-0.15, -0.1) is 0 Å². The summed E-state index contributed by atoms with van der Waals surface area (Å²) in [5.41, 5.74) is 4.61. The third kappa shape index (κ3) is 4.27. The van der Waals surface area contributed by atoms with E-state index in [1.54, 1.807) is 4.90 Å². The largest absolute Gasteiger partial charge is 0.481 e. The number of carbonyl (C=O) groups is 3. The fourth-order valence-corrected chi connectivity index (χ4v) is 5.48. The highest BCUT2D eigenvalue weighted by Gasteiger charge is 2.42. The molecule has 2 amide bonds. The van der Waals surface area contributed by atoms with Crippen LogP contribution < -0.4 is 5.32 Å². The monoisotopic (exact) mass is 462 g/mol. The van der Waals surface area contributed by atoms with Gasteiger partial charge in [0, 0.05) is 18.5 Å². The molecule has 1 saturated carbocycles. The van der Waals surface area contributed by atoms with Crippen molar-refractivity contribution in [3.8, 4) is 11.1 Å². The quantitative estimate of drug-likeness (QED) is 0.676. The number of nitrogens with zero attached hydrogens (tertiary/aromatic N) is 1. The van der Waals surface area contributed by atoms with Crippen molar-refractivity contribution in [1.29, 1.82) is 0 Å². The average Bonchev–Trinajstić information content (AvgIpc) is 3.63. The highest BCUT2D eigenvalue weighted by Crippen LogP contribution is 2.44. The first-order valence-corrected chi connectivity index (χ1v) is 12.1. The SMILES string of the molecule is C[C@@H]1C[C@H](C(=O)O)CCN1C(=O)C(NC(=O)OCC1c2ccccc2-c2ccccc21)C1CC1. The number of benzene rings is 2. The van der Waals surface area contributed by atoms with E-state index in [1.807, 2.05) is 31.2 Å². The summed E-state index contributed by atoms with van der Waals surface area (Å²) < 4.78 is 5.66. The van der Waals surface area contributed by atoms with Gasteiger partial charge in [-0.25, -0.2) is 4.79 Å². The molecule has 0 spiro atoms. The molecule has 1 aliphatic heterocycles. The Hall–Kier alpha value is -3.35. The Morgan fingerprint density at radius 3 is 2.21 bits per heavy atom. The molecule has 0 radical (unpaired) electrons. The second-order valence-corrected chi connectivity index (χ2v) is 9.73. The average molecular weight is 463 g/mol. The first kappa shape index (κ1) is 22.4. The van der Waals surface area contributed by atoms with Crippen molar-refractivity contribution in [1.82, 2.24) is 10.2 Å². The number of alkyl carbamates (subject to hydrolysis) is 1. The van der Waals surface area contributed by atoms with E-state index in [2.05, 4.69) is 29.6 Å². The molecule has 1 heterocycles. The van der Waals surface area contributed by atoms with Gasteiger partial charge in [-0.05, 0) is 60.8 Å². The normalized spacial score (nSPS) is 22.4. The number of aliphatic carboxylic acids is 1. The Kier molecular flexibility index (Phi) is 6.02. The Labute approximate surface area is 199 Å². The first-order chi connectivity index (χ1) is 16.4. The van der Waals surface area contributed by atoms with Crippen LogP contribution in [0.1, 0.15) is 49.7 Å². The van der Waals surface area contributed by atoms with Crippen LogP contribution in [0.15, 0.2) is 48.5 Å². The number of carboxylic acids is 1. The molecule has 7 nitrogen and oxygen atoms in total. The summed E-state index contributed by atoms with van der Waals surface area (Å²) in [7, 11) is 0. The molecule has 7 heteroatoms. The molecule has 178 valence electrons. The van der Waals surface area contributed by atoms with E-state index < -0.39 is 24.0 Å². The van der Waals surface area contributed by atoms with Crippen LogP contribution in [0, 0.1) is 11.8 Å². The van der Waals surface area contributed by atoms with E-state index in [-0.39, 0.29) is 30.4 Å². The van der Waals surface area contributed by atoms with Gasteiger partial charge in [0.15, 0.2) is 0 Å². The molecule has 2 aromatic carbocycles. The van der Waals surface area contributed by atoms with Gasteiger partial charge in [0.05, 0.1) is 5.92 Å². The summed E-state index contributed by atoms with van der Waals surface area (Å²) in [5, 5.41) is 12.1. The molecule has 2 aromatic rings. The second kappa shape index (κ2) is 9.12. The molecule has 0 bridgehead atoms. The zero-order chi connectivity index (χ0) is 23.8. The van der Waals surface area contributed by atoms with Crippen LogP contribution >= 0.6 is 0 Å². The lowest BCUT2D eigenvalue weighted by molar-refractivity contribution is -0.148. The molecule has 34 heavy (non-hydrogen) atoms. The van der Waals surface area contributed by atoms with Gasteiger partial charge in [0.25, 0.3) is 0 Å². The molecule has 5 rings (SSSR count). The van der Waals surface area contributed by atoms with E-state index in [0.29, 0.717) is 19.4 Å². The molecule has 1 unspecified atom stereocenters. The van der Waals surface area contributed by atoms with Crippen molar-refractivity contribution in [2.75, 3.05) is 13.2 Å². The summed E-state index contributed by atoms with van der Waals surface area (Å²) in [6.45, 7) is 2.47. The van der Waals surface area contributed by atoms with Crippen molar-refractivity contribution < 1.29 is 24.2 Å². The van der Waals surface area contributed by atoms with Gasteiger partial charge in [0.1, 0.15) is 12.6 Å². The van der Waals surface area contributed by atoms with Gasteiger partial charge in [0.2, 0.25) is 5.91 Å². The third-order valence-corrected chi connectivity index (χ3v) is 7.48. The smallest absolute Gasteiger partial charge is 0.407 e. The number of carbonyl (C=O) groups excluding carboxylic acids is 2. The number of carboxylic acid groups (broad SMARTS) is 1. The van der Waals surface area contributed by atoms with Crippen LogP contribution in [-0.2, 0) is 14.3 Å². The Balaban J connectivity index is 1.23. The van der Waals surface area contributed by atoms with Gasteiger partial charge in [-0.1, -0.05) is 48.5 Å². The predicted molar refractivity (Wildman–Crippen MR) is 126 cm³/mol. The highest BCUT2D eigenvalue weighted by atomic mass is 16.5. The van der Waals surface area contributed by atoms with E-state index in [1.165, 1.54) is 0 Å². The standard InChI is InChI=1S/C27H30N2O5/c1-16-14-18(26(31)32)12-13-29(16)25(30)24(17-10-11-17)28-27(33)34-15-23-21-8-4-2-6-19(21)20-7-3-5-9-22(20)23/h2-9,16-18,23-24H,10-15H2,1H3,(H,28,33)(H,31,32)/t16-,18-,24?/m1/s1. The fourth-order valence-electron chi connectivity index (χ4n) is 5.48. The summed E-state index contributed by atoms with van der Waals surface area (Å²) in [4.78, 5) is 39.2. The van der Waals surface area contributed by atoms with Crippen molar-refractivity contribution in [3.05, 3.63) is 59.7 Å². The maximum Gasteiger partial charge on any atom is 0.407 e. The zero-order valence-electron chi connectivity index (χ0n) is 19.3. The predicted octanol–water partition coefficient (Wildman–Crippen LogP) is 4.02. The molecular weight excluding hydrogens is 432 g/mol. The summed E-state index contributed by atoms with van der Waals surface area (Å²) in [6.07, 6.45) is 2.07. The number of amides is 2. The van der Waals surface area contributed by atoms with E-state index in [0.717, 1.165) is 35.1 Å². The van der Waals surface area contributed by atoms with Crippen LogP contribution in [-0.4, -0.2) is 53.2 Å². The molecule has 2 aliphatic carbocycles. The van der Waals surface area contributed by atoms with Gasteiger partial charge < -0.3 is 20.1 Å². The zero-order valence-corrected chi connectivity index (χ0v) is 19.3. The second-order valence-electron chi connectivity index (χ2n) is 9.73. The van der Waals surface area contributed by atoms with E-state index >= 15 is 0 Å². The number of nitrogens with one attached hydrogen (secondary N) is 1. The number of fused-ring (bicyclic) bond motifs is 3. The Morgan fingerprint density at radius 2 is 1.65 bits per heavy atom. The highest BCUT2D eigenvalue weighted by molar-refractivity contribution is 5.87. The van der Waals surface area contributed by atoms with Crippen LogP contribution in [0.3, 0.4) is 0 Å². The fraction of sp³-hybridized carbons (Fsp3) is 0.444. The van der Waals surface area contributed by atoms with Crippen LogP contribution in [0.2, 0.25) is 0 Å². The number of piperidine rings is 1. The molecule has 2 fully saturated rings. The summed E-state index contributed by atoms with van der Waals surface area (Å²) in [6, 6.07) is 15.5. The molecule has 0 aromatic heterocycles. The van der Waals surface area contributed by atoms with Crippen LogP contribution in [0.5, 0.6) is 0 Å². The minimum Gasteiger partial charge on any atom is -0.481 e. The molecule has 3 aliphatic rings. The lowest BCUT2D eigenvalue weighted by atomic mass is 9.91. The molecule has 1 saturated heterocycles. The summed E-state index contributed by atoms with van der Waals surface area (Å²) >= 11 is 0. The first-order valence-electron chi connectivity index (χ1n) is 12.1. The van der Waals surface area contributed by atoms with Crippen molar-refractivity contribution >= 4 is 18.0 Å². The van der Waals surface area contributed by atoms with Gasteiger partial charge >= 0.3 is 12.1 Å². The molecule has 2 N–H and O–H groups in total. The maximum atomic E-state index is 13.3.